The molecule has 118 valence electrons. The van der Waals surface area contributed by atoms with Gasteiger partial charge in [-0.15, -0.1) is 0 Å². The zero-order valence-corrected chi connectivity index (χ0v) is 15.1. The van der Waals surface area contributed by atoms with Gasteiger partial charge in [-0.3, -0.25) is 4.72 Å². The van der Waals surface area contributed by atoms with Crippen molar-refractivity contribution in [1.29, 1.82) is 0 Å². The van der Waals surface area contributed by atoms with E-state index in [1.807, 2.05) is 32.0 Å². The van der Waals surface area contributed by atoms with Crippen LogP contribution in [0.5, 0.6) is 5.75 Å². The number of anilines is 1. The molecule has 0 saturated carbocycles. The molecule has 0 saturated heterocycles. The summed E-state index contributed by atoms with van der Waals surface area (Å²) in [6.07, 6.45) is 0.745. The van der Waals surface area contributed by atoms with Gasteiger partial charge in [0.1, 0.15) is 10.6 Å². The third-order valence-corrected chi connectivity index (χ3v) is 5.26. The van der Waals surface area contributed by atoms with Crippen LogP contribution in [0.2, 0.25) is 0 Å². The molecule has 0 radical (unpaired) electrons. The van der Waals surface area contributed by atoms with Gasteiger partial charge in [-0.25, -0.2) is 8.42 Å². The second-order valence-electron chi connectivity index (χ2n) is 4.86. The Bertz CT molecular complexity index is 788. The summed E-state index contributed by atoms with van der Waals surface area (Å²) in [5, 5.41) is 0. The zero-order chi connectivity index (χ0) is 16.3. The van der Waals surface area contributed by atoms with Crippen molar-refractivity contribution in [3.8, 4) is 5.75 Å². The number of methoxy groups -OCH3 is 1. The number of nitrogens with one attached hydrogen (secondary N) is 1. The second-order valence-corrected chi connectivity index (χ2v) is 7.43. The lowest BCUT2D eigenvalue weighted by Gasteiger charge is -2.16. The topological polar surface area (TPSA) is 55.4 Å². The summed E-state index contributed by atoms with van der Waals surface area (Å²) in [4.78, 5) is 0.106. The van der Waals surface area contributed by atoms with Crippen LogP contribution >= 0.6 is 15.9 Å². The van der Waals surface area contributed by atoms with E-state index in [1.165, 1.54) is 13.2 Å². The molecular weight excluding hydrogens is 366 g/mol. The van der Waals surface area contributed by atoms with E-state index in [1.54, 1.807) is 12.1 Å². The van der Waals surface area contributed by atoms with Crippen LogP contribution < -0.4 is 9.46 Å². The van der Waals surface area contributed by atoms with E-state index in [-0.39, 0.29) is 4.90 Å². The van der Waals surface area contributed by atoms with Crippen molar-refractivity contribution in [2.24, 2.45) is 0 Å². The Morgan fingerprint density at radius 3 is 2.59 bits per heavy atom. The van der Waals surface area contributed by atoms with Crippen LogP contribution in [-0.2, 0) is 16.4 Å². The lowest BCUT2D eigenvalue weighted by atomic mass is 10.1. The Kier molecular flexibility index (Phi) is 5.13. The average molecular weight is 384 g/mol. The predicted octanol–water partition coefficient (Wildman–Crippen LogP) is 4.13. The molecule has 0 atom stereocenters. The highest BCUT2D eigenvalue weighted by Gasteiger charge is 2.21. The molecule has 22 heavy (non-hydrogen) atoms. The molecule has 0 spiro atoms. The maximum atomic E-state index is 12.7. The molecule has 0 amide bonds. The second kappa shape index (κ2) is 6.71. The summed E-state index contributed by atoms with van der Waals surface area (Å²) in [6, 6.07) is 10.6. The third-order valence-electron chi connectivity index (χ3n) is 3.39. The predicted molar refractivity (Wildman–Crippen MR) is 92.1 cm³/mol. The first-order valence-electron chi connectivity index (χ1n) is 6.84. The Labute approximate surface area is 139 Å². The first-order chi connectivity index (χ1) is 10.4. The quantitative estimate of drug-likeness (QED) is 0.844. The van der Waals surface area contributed by atoms with Crippen molar-refractivity contribution in [2.75, 3.05) is 11.8 Å². The van der Waals surface area contributed by atoms with Gasteiger partial charge in [0, 0.05) is 4.47 Å². The highest BCUT2D eigenvalue weighted by atomic mass is 79.9. The normalized spacial score (nSPS) is 11.3. The Hall–Kier alpha value is -1.53. The van der Waals surface area contributed by atoms with Crippen LogP contribution in [0, 0.1) is 6.92 Å². The molecule has 2 aromatic rings. The number of rotatable bonds is 5. The summed E-state index contributed by atoms with van der Waals surface area (Å²) in [6.45, 7) is 3.88. The summed E-state index contributed by atoms with van der Waals surface area (Å²) < 4.78 is 34.0. The van der Waals surface area contributed by atoms with Gasteiger partial charge < -0.3 is 4.74 Å². The Balaban J connectivity index is 2.52. The summed E-state index contributed by atoms with van der Waals surface area (Å²) in [7, 11) is -2.29. The van der Waals surface area contributed by atoms with E-state index in [0.29, 0.717) is 15.9 Å². The monoisotopic (exact) mass is 383 g/mol. The fourth-order valence-corrected chi connectivity index (χ4v) is 4.10. The number of benzene rings is 2. The van der Waals surface area contributed by atoms with E-state index in [4.69, 9.17) is 4.74 Å². The molecule has 2 rings (SSSR count). The average Bonchev–Trinajstić information content (AvgIpc) is 2.49. The molecule has 0 aliphatic rings. The molecule has 0 aliphatic carbocycles. The van der Waals surface area contributed by atoms with Crippen LogP contribution in [0.15, 0.2) is 45.8 Å². The smallest absolute Gasteiger partial charge is 0.265 e. The highest BCUT2D eigenvalue weighted by Crippen LogP contribution is 2.30. The highest BCUT2D eigenvalue weighted by molar-refractivity contribution is 9.10. The standard InChI is InChI=1S/C16H18BrNO3S/c1-4-12-7-5-6-11(2)16(12)18-22(19,20)15-10-13(17)8-9-14(15)21-3/h5-10,18H,4H2,1-3H3. The minimum atomic E-state index is -3.74. The summed E-state index contributed by atoms with van der Waals surface area (Å²) in [5.41, 5.74) is 2.47. The van der Waals surface area contributed by atoms with Crippen LogP contribution in [0.4, 0.5) is 5.69 Å². The van der Waals surface area contributed by atoms with Gasteiger partial charge in [0.05, 0.1) is 12.8 Å². The van der Waals surface area contributed by atoms with Crippen molar-refractivity contribution in [2.45, 2.75) is 25.2 Å². The first kappa shape index (κ1) is 16.8. The zero-order valence-electron chi connectivity index (χ0n) is 12.7. The maximum absolute atomic E-state index is 12.7. The Morgan fingerprint density at radius 2 is 1.95 bits per heavy atom. The van der Waals surface area contributed by atoms with Crippen LogP contribution in [0.3, 0.4) is 0 Å². The van der Waals surface area contributed by atoms with E-state index < -0.39 is 10.0 Å². The number of para-hydroxylation sites is 1. The van der Waals surface area contributed by atoms with Gasteiger partial charge in [0.25, 0.3) is 10.0 Å². The van der Waals surface area contributed by atoms with Crippen molar-refractivity contribution < 1.29 is 13.2 Å². The fourth-order valence-electron chi connectivity index (χ4n) is 2.22. The Morgan fingerprint density at radius 1 is 1.23 bits per heavy atom. The summed E-state index contributed by atoms with van der Waals surface area (Å²) in [5.74, 6) is 0.308. The van der Waals surface area contributed by atoms with E-state index in [0.717, 1.165) is 17.5 Å². The van der Waals surface area contributed by atoms with Gasteiger partial charge >= 0.3 is 0 Å². The van der Waals surface area contributed by atoms with Gasteiger partial charge in [0.15, 0.2) is 0 Å². The number of hydrogen-bond acceptors (Lipinski definition) is 3. The van der Waals surface area contributed by atoms with Crippen LogP contribution in [0.25, 0.3) is 0 Å². The van der Waals surface area contributed by atoms with Gasteiger partial charge in [0.2, 0.25) is 0 Å². The first-order valence-corrected chi connectivity index (χ1v) is 9.11. The molecular formula is C16H18BrNO3S. The van der Waals surface area contributed by atoms with Crippen molar-refractivity contribution in [3.05, 3.63) is 52.0 Å². The molecule has 1 N–H and O–H groups in total. The maximum Gasteiger partial charge on any atom is 0.265 e. The van der Waals surface area contributed by atoms with Crippen molar-refractivity contribution in [1.82, 2.24) is 0 Å². The molecule has 2 aromatic carbocycles. The van der Waals surface area contributed by atoms with Crippen molar-refractivity contribution in [3.63, 3.8) is 0 Å². The molecule has 0 heterocycles. The SMILES string of the molecule is CCc1cccc(C)c1NS(=O)(=O)c1cc(Br)ccc1OC. The molecule has 0 fully saturated rings. The molecule has 0 aromatic heterocycles. The van der Waals surface area contributed by atoms with E-state index in [9.17, 15) is 8.42 Å². The van der Waals surface area contributed by atoms with E-state index >= 15 is 0 Å². The lowest BCUT2D eigenvalue weighted by molar-refractivity contribution is 0.403. The van der Waals surface area contributed by atoms with Gasteiger partial charge in [-0.05, 0) is 42.7 Å². The lowest BCUT2D eigenvalue weighted by Crippen LogP contribution is -2.16. The molecule has 6 heteroatoms. The summed E-state index contributed by atoms with van der Waals surface area (Å²) >= 11 is 3.30. The number of halogens is 1. The van der Waals surface area contributed by atoms with Gasteiger partial charge in [-0.2, -0.15) is 0 Å². The number of aryl methyl sites for hydroxylation is 2. The molecule has 0 bridgehead atoms. The molecule has 0 unspecified atom stereocenters. The minimum Gasteiger partial charge on any atom is -0.495 e. The minimum absolute atomic E-state index is 0.106. The molecule has 4 nitrogen and oxygen atoms in total. The fraction of sp³-hybridized carbons (Fsp3) is 0.250. The van der Waals surface area contributed by atoms with Crippen LogP contribution in [-0.4, -0.2) is 15.5 Å². The third kappa shape index (κ3) is 3.44. The number of ether oxygens (including phenoxy) is 1. The number of hydrogen-bond donors (Lipinski definition) is 1. The van der Waals surface area contributed by atoms with Gasteiger partial charge in [-0.1, -0.05) is 41.1 Å². The molecule has 0 aliphatic heterocycles. The van der Waals surface area contributed by atoms with Crippen molar-refractivity contribution >= 4 is 31.6 Å². The largest absolute Gasteiger partial charge is 0.495 e. The van der Waals surface area contributed by atoms with E-state index in [2.05, 4.69) is 20.7 Å². The number of sulfonamides is 1. The van der Waals surface area contributed by atoms with Crippen LogP contribution in [0.1, 0.15) is 18.1 Å².